The van der Waals surface area contributed by atoms with Crippen LogP contribution in [0.5, 0.6) is 5.75 Å². The molecule has 0 fully saturated rings. The normalized spacial score (nSPS) is 11.2. The molecule has 5 nitrogen and oxygen atoms in total. The van der Waals surface area contributed by atoms with E-state index in [0.717, 1.165) is 23.4 Å². The Bertz CT molecular complexity index is 1020. The predicted octanol–water partition coefficient (Wildman–Crippen LogP) is 5.21. The van der Waals surface area contributed by atoms with E-state index >= 15 is 0 Å². The number of benzene rings is 2. The van der Waals surface area contributed by atoms with E-state index in [1.54, 1.807) is 36.4 Å². The molecule has 3 rings (SSSR count). The predicted molar refractivity (Wildman–Crippen MR) is 110 cm³/mol. The average molecular weight is 433 g/mol. The highest BCUT2D eigenvalue weighted by atomic mass is 32.2. The summed E-state index contributed by atoms with van der Waals surface area (Å²) in [7, 11) is 1.50. The fourth-order valence-corrected chi connectivity index (χ4v) is 3.17. The van der Waals surface area contributed by atoms with Crippen molar-refractivity contribution in [3.63, 3.8) is 0 Å². The molecule has 0 bridgehead atoms. The number of amides is 1. The fourth-order valence-electron chi connectivity index (χ4n) is 2.51. The highest BCUT2D eigenvalue weighted by Crippen LogP contribution is 2.32. The summed E-state index contributed by atoms with van der Waals surface area (Å²) in [5.41, 5.74) is 1.18. The number of aromatic nitrogens is 2. The lowest BCUT2D eigenvalue weighted by Crippen LogP contribution is -2.15. The van der Waals surface area contributed by atoms with Crippen molar-refractivity contribution in [1.29, 1.82) is 0 Å². The molecular weight excluding hydrogens is 415 g/mol. The molecule has 0 saturated carbocycles. The van der Waals surface area contributed by atoms with Gasteiger partial charge in [0.1, 0.15) is 11.4 Å². The Hall–Kier alpha value is -3.07. The number of alkyl halides is 3. The molecule has 1 aromatic heterocycles. The van der Waals surface area contributed by atoms with Crippen molar-refractivity contribution in [2.45, 2.75) is 18.3 Å². The summed E-state index contributed by atoms with van der Waals surface area (Å²) >= 11 is 0.839. The number of hydrogen-bond acceptors (Lipinski definition) is 5. The zero-order valence-corrected chi connectivity index (χ0v) is 17.0. The van der Waals surface area contributed by atoms with Gasteiger partial charge in [-0.05, 0) is 49.4 Å². The highest BCUT2D eigenvalue weighted by Gasteiger charge is 2.34. The van der Waals surface area contributed by atoms with Gasteiger partial charge in [-0.3, -0.25) is 4.79 Å². The first-order chi connectivity index (χ1) is 14.2. The molecule has 1 N–H and O–H groups in total. The van der Waals surface area contributed by atoms with Gasteiger partial charge in [-0.2, -0.15) is 13.2 Å². The van der Waals surface area contributed by atoms with Gasteiger partial charge in [0.15, 0.2) is 5.16 Å². The van der Waals surface area contributed by atoms with Crippen molar-refractivity contribution >= 4 is 23.4 Å². The first-order valence-corrected chi connectivity index (χ1v) is 9.83. The molecule has 3 aromatic rings. The van der Waals surface area contributed by atoms with Crippen molar-refractivity contribution in [2.75, 3.05) is 18.2 Å². The van der Waals surface area contributed by atoms with Gasteiger partial charge in [-0.25, -0.2) is 9.97 Å². The number of carbonyl (C=O) groups excluding carboxylic acids is 1. The third kappa shape index (κ3) is 5.73. The SMILES string of the molecule is COc1ccc(-c2cc(C(F)(F)F)nc(SCC(=O)Nc3ccc(C)cc3)n2)cc1. The maximum absolute atomic E-state index is 13.3. The Morgan fingerprint density at radius 2 is 1.73 bits per heavy atom. The molecule has 30 heavy (non-hydrogen) atoms. The molecule has 0 aliphatic rings. The zero-order valence-electron chi connectivity index (χ0n) is 16.2. The highest BCUT2D eigenvalue weighted by molar-refractivity contribution is 7.99. The largest absolute Gasteiger partial charge is 0.497 e. The quantitative estimate of drug-likeness (QED) is 0.427. The van der Waals surface area contributed by atoms with E-state index in [2.05, 4.69) is 15.3 Å². The minimum absolute atomic E-state index is 0.112. The lowest BCUT2D eigenvalue weighted by atomic mass is 10.1. The minimum Gasteiger partial charge on any atom is -0.497 e. The molecule has 0 radical (unpaired) electrons. The van der Waals surface area contributed by atoms with Gasteiger partial charge in [-0.1, -0.05) is 29.5 Å². The average Bonchev–Trinajstić information content (AvgIpc) is 2.73. The third-order valence-corrected chi connectivity index (χ3v) is 4.90. The number of rotatable bonds is 6. The maximum Gasteiger partial charge on any atom is 0.433 e. The van der Waals surface area contributed by atoms with Crippen molar-refractivity contribution in [3.05, 3.63) is 65.9 Å². The van der Waals surface area contributed by atoms with Crippen molar-refractivity contribution in [1.82, 2.24) is 9.97 Å². The fraction of sp³-hybridized carbons (Fsp3) is 0.190. The van der Waals surface area contributed by atoms with Crippen LogP contribution in [0.2, 0.25) is 0 Å². The topological polar surface area (TPSA) is 64.1 Å². The van der Waals surface area contributed by atoms with Crippen molar-refractivity contribution in [3.8, 4) is 17.0 Å². The zero-order chi connectivity index (χ0) is 21.7. The van der Waals surface area contributed by atoms with E-state index < -0.39 is 11.9 Å². The van der Waals surface area contributed by atoms with Gasteiger partial charge in [0.2, 0.25) is 5.91 Å². The molecule has 0 atom stereocenters. The van der Waals surface area contributed by atoms with Gasteiger partial charge >= 0.3 is 6.18 Å². The van der Waals surface area contributed by atoms with Crippen LogP contribution in [-0.2, 0) is 11.0 Å². The summed E-state index contributed by atoms with van der Waals surface area (Å²) < 4.78 is 45.0. The molecule has 0 aliphatic heterocycles. The number of nitrogens with zero attached hydrogens (tertiary/aromatic N) is 2. The number of carbonyl (C=O) groups is 1. The van der Waals surface area contributed by atoms with E-state index in [1.165, 1.54) is 7.11 Å². The van der Waals surface area contributed by atoms with Crippen LogP contribution in [0.4, 0.5) is 18.9 Å². The molecule has 1 amide bonds. The number of halogens is 3. The van der Waals surface area contributed by atoms with Crippen LogP contribution >= 0.6 is 11.8 Å². The van der Waals surface area contributed by atoms with Gasteiger partial charge in [0, 0.05) is 11.3 Å². The Morgan fingerprint density at radius 3 is 2.33 bits per heavy atom. The van der Waals surface area contributed by atoms with E-state index in [0.29, 0.717) is 17.0 Å². The summed E-state index contributed by atoms with van der Waals surface area (Å²) in [4.78, 5) is 19.9. The third-order valence-electron chi connectivity index (χ3n) is 4.05. The molecule has 1 heterocycles. The monoisotopic (exact) mass is 433 g/mol. The Morgan fingerprint density at radius 1 is 1.07 bits per heavy atom. The molecule has 2 aromatic carbocycles. The van der Waals surface area contributed by atoms with Crippen molar-refractivity contribution < 1.29 is 22.7 Å². The molecule has 0 aliphatic carbocycles. The summed E-state index contributed by atoms with van der Waals surface area (Å²) in [5, 5.41) is 2.56. The summed E-state index contributed by atoms with van der Waals surface area (Å²) in [6.07, 6.45) is -4.64. The van der Waals surface area contributed by atoms with Crippen LogP contribution < -0.4 is 10.1 Å². The first-order valence-electron chi connectivity index (χ1n) is 8.84. The number of thioether (sulfide) groups is 1. The number of aryl methyl sites for hydroxylation is 1. The van der Waals surface area contributed by atoms with E-state index in [1.807, 2.05) is 19.1 Å². The standard InChI is InChI=1S/C21H18F3N3O2S/c1-13-3-7-15(8-4-13)25-19(28)12-30-20-26-17(11-18(27-20)21(22,23)24)14-5-9-16(29-2)10-6-14/h3-11H,12H2,1-2H3,(H,25,28). The van der Waals surface area contributed by atoms with E-state index in [9.17, 15) is 18.0 Å². The number of hydrogen-bond donors (Lipinski definition) is 1. The van der Waals surface area contributed by atoms with E-state index in [-0.39, 0.29) is 22.5 Å². The Kier molecular flexibility index (Phi) is 6.61. The summed E-state index contributed by atoms with van der Waals surface area (Å²) in [5.74, 6) is 0.0825. The Balaban J connectivity index is 1.79. The first kappa shape index (κ1) is 21.6. The minimum atomic E-state index is -4.64. The van der Waals surface area contributed by atoms with Crippen LogP contribution in [0, 0.1) is 6.92 Å². The van der Waals surface area contributed by atoms with Crippen LogP contribution in [0.3, 0.4) is 0 Å². The molecule has 9 heteroatoms. The lowest BCUT2D eigenvalue weighted by molar-refractivity contribution is -0.141. The number of methoxy groups -OCH3 is 1. The summed E-state index contributed by atoms with van der Waals surface area (Å²) in [6, 6.07) is 14.6. The van der Waals surface area contributed by atoms with Crippen LogP contribution in [0.15, 0.2) is 59.8 Å². The molecule has 0 unspecified atom stereocenters. The molecular formula is C21H18F3N3O2S. The second-order valence-electron chi connectivity index (χ2n) is 6.35. The van der Waals surface area contributed by atoms with Gasteiger partial charge in [0.05, 0.1) is 18.6 Å². The van der Waals surface area contributed by atoms with Crippen LogP contribution in [-0.4, -0.2) is 28.7 Å². The van der Waals surface area contributed by atoms with Gasteiger partial charge in [0.25, 0.3) is 0 Å². The van der Waals surface area contributed by atoms with Crippen LogP contribution in [0.1, 0.15) is 11.3 Å². The van der Waals surface area contributed by atoms with E-state index in [4.69, 9.17) is 4.74 Å². The van der Waals surface area contributed by atoms with Crippen LogP contribution in [0.25, 0.3) is 11.3 Å². The number of ether oxygens (including phenoxy) is 1. The molecule has 0 spiro atoms. The second-order valence-corrected chi connectivity index (χ2v) is 7.29. The van der Waals surface area contributed by atoms with Crippen molar-refractivity contribution in [2.24, 2.45) is 0 Å². The second kappa shape index (κ2) is 9.17. The smallest absolute Gasteiger partial charge is 0.433 e. The lowest BCUT2D eigenvalue weighted by Gasteiger charge is -2.11. The molecule has 156 valence electrons. The molecule has 0 saturated heterocycles. The maximum atomic E-state index is 13.3. The summed E-state index contributed by atoms with van der Waals surface area (Å²) in [6.45, 7) is 1.92. The van der Waals surface area contributed by atoms with Gasteiger partial charge in [-0.15, -0.1) is 0 Å². The Labute approximate surface area is 175 Å². The number of nitrogens with one attached hydrogen (secondary N) is 1. The number of anilines is 1. The van der Waals surface area contributed by atoms with Gasteiger partial charge < -0.3 is 10.1 Å².